The Bertz CT molecular complexity index is 286. The van der Waals surface area contributed by atoms with Gasteiger partial charge in [-0.25, -0.2) is 0 Å². The number of allylic oxidation sites excluding steroid dienone is 2. The first kappa shape index (κ1) is 8.07. The predicted octanol–water partition coefficient (Wildman–Crippen LogP) is 0.971. The maximum absolute atomic E-state index is 11.0. The Morgan fingerprint density at radius 3 is 2.36 bits per heavy atom. The predicted molar refractivity (Wildman–Crippen MR) is 42.3 cm³/mol. The summed E-state index contributed by atoms with van der Waals surface area (Å²) < 4.78 is 26.4. The van der Waals surface area contributed by atoms with Crippen molar-refractivity contribution in [2.75, 3.05) is 0 Å². The Kier molecular flexibility index (Phi) is 2.14. The van der Waals surface area contributed by atoms with Gasteiger partial charge in [0.1, 0.15) is 5.25 Å². The number of rotatable bonds is 3. The second-order valence-electron chi connectivity index (χ2n) is 1.99. The fraction of sp³-hybridized carbons (Fsp3) is 0.143. The van der Waals surface area contributed by atoms with Gasteiger partial charge in [0.2, 0.25) is 0 Å². The van der Waals surface area contributed by atoms with Gasteiger partial charge in [-0.05, 0) is 0 Å². The number of hydrogen-bond acceptors (Lipinski definition) is 3. The molecule has 0 amide bonds. The molecule has 4 heteroatoms. The topological polar surface area (TPSA) is 43.4 Å². The summed E-state index contributed by atoms with van der Waals surface area (Å²) in [5, 5.41) is -0.652. The fourth-order valence-electron chi connectivity index (χ4n) is 0.763. The van der Waals surface area contributed by atoms with E-state index in [0.717, 1.165) is 6.26 Å². The molecule has 1 rings (SSSR count). The van der Waals surface area contributed by atoms with Gasteiger partial charge < -0.3 is 4.18 Å². The summed E-state index contributed by atoms with van der Waals surface area (Å²) in [7, 11) is -3.50. The molecule has 0 N–H and O–H groups in total. The van der Waals surface area contributed by atoms with Gasteiger partial charge >= 0.3 is 10.1 Å². The van der Waals surface area contributed by atoms with Crippen LogP contribution < -0.4 is 0 Å². The monoisotopic (exact) mass is 172 g/mol. The summed E-state index contributed by atoms with van der Waals surface area (Å²) in [6.45, 7) is 3.17. The first-order valence-corrected chi connectivity index (χ1v) is 4.52. The van der Waals surface area contributed by atoms with Gasteiger partial charge in [-0.1, -0.05) is 30.9 Å². The van der Waals surface area contributed by atoms with Crippen molar-refractivity contribution in [2.24, 2.45) is 0 Å². The number of hydrogen-bond donors (Lipinski definition) is 0. The van der Waals surface area contributed by atoms with Crippen molar-refractivity contribution in [3.8, 4) is 0 Å². The zero-order chi connectivity index (χ0) is 8.32. The van der Waals surface area contributed by atoms with E-state index in [1.807, 2.05) is 0 Å². The molecular formula is C7H8O3S. The van der Waals surface area contributed by atoms with Crippen LogP contribution in [0.1, 0.15) is 0 Å². The summed E-state index contributed by atoms with van der Waals surface area (Å²) in [6, 6.07) is 0. The third-order valence-corrected chi connectivity index (χ3v) is 2.63. The molecular weight excluding hydrogens is 164 g/mol. The molecule has 1 aliphatic rings. The first-order valence-electron chi connectivity index (χ1n) is 3.05. The maximum Gasteiger partial charge on any atom is 0.318 e. The molecule has 60 valence electrons. The molecule has 0 heterocycles. The van der Waals surface area contributed by atoms with E-state index in [1.165, 1.54) is 0 Å². The van der Waals surface area contributed by atoms with Crippen LogP contribution in [0.15, 0.2) is 37.1 Å². The van der Waals surface area contributed by atoms with Crippen LogP contribution in [0, 0.1) is 0 Å². The minimum atomic E-state index is -3.50. The molecule has 0 fully saturated rings. The second-order valence-corrected chi connectivity index (χ2v) is 3.71. The van der Waals surface area contributed by atoms with Crippen LogP contribution in [0.3, 0.4) is 0 Å². The van der Waals surface area contributed by atoms with Crippen molar-refractivity contribution < 1.29 is 12.6 Å². The Hall–Kier alpha value is -1.03. The van der Waals surface area contributed by atoms with E-state index in [4.69, 9.17) is 0 Å². The Balaban J connectivity index is 2.81. The van der Waals surface area contributed by atoms with Crippen molar-refractivity contribution in [3.05, 3.63) is 37.1 Å². The average molecular weight is 172 g/mol. The molecule has 0 bridgehead atoms. The lowest BCUT2D eigenvalue weighted by Gasteiger charge is -2.04. The van der Waals surface area contributed by atoms with Crippen LogP contribution in [-0.4, -0.2) is 13.7 Å². The quantitative estimate of drug-likeness (QED) is 0.470. The van der Waals surface area contributed by atoms with Crippen LogP contribution in [-0.2, 0) is 14.3 Å². The molecule has 0 radical (unpaired) electrons. The summed E-state index contributed by atoms with van der Waals surface area (Å²) in [6.07, 6.45) is 7.32. The van der Waals surface area contributed by atoms with E-state index in [1.54, 1.807) is 24.3 Å². The summed E-state index contributed by atoms with van der Waals surface area (Å²) >= 11 is 0. The van der Waals surface area contributed by atoms with Gasteiger partial charge in [0.25, 0.3) is 0 Å². The third-order valence-electron chi connectivity index (χ3n) is 1.25. The highest BCUT2D eigenvalue weighted by Gasteiger charge is 2.21. The van der Waals surface area contributed by atoms with Gasteiger partial charge in [0, 0.05) is 0 Å². The third kappa shape index (κ3) is 1.71. The minimum absolute atomic E-state index is 0.652. The fourth-order valence-corrected chi connectivity index (χ4v) is 1.65. The molecule has 0 atom stereocenters. The molecule has 1 aliphatic carbocycles. The van der Waals surface area contributed by atoms with Crippen LogP contribution in [0.4, 0.5) is 0 Å². The van der Waals surface area contributed by atoms with E-state index in [9.17, 15) is 8.42 Å². The first-order chi connectivity index (χ1) is 5.17. The van der Waals surface area contributed by atoms with Crippen molar-refractivity contribution in [2.45, 2.75) is 5.25 Å². The second kappa shape index (κ2) is 2.92. The zero-order valence-electron chi connectivity index (χ0n) is 5.80. The minimum Gasteiger partial charge on any atom is -0.390 e. The van der Waals surface area contributed by atoms with Crippen LogP contribution in [0.25, 0.3) is 0 Å². The lowest BCUT2D eigenvalue weighted by molar-refractivity contribution is 0.443. The Labute approximate surface area is 65.8 Å². The van der Waals surface area contributed by atoms with Gasteiger partial charge in [-0.15, -0.1) is 0 Å². The van der Waals surface area contributed by atoms with Gasteiger partial charge in [0.15, 0.2) is 0 Å². The van der Waals surface area contributed by atoms with Crippen molar-refractivity contribution in [1.82, 2.24) is 0 Å². The highest BCUT2D eigenvalue weighted by atomic mass is 32.2. The van der Waals surface area contributed by atoms with Crippen LogP contribution in [0.5, 0.6) is 0 Å². The molecule has 0 saturated heterocycles. The Morgan fingerprint density at radius 1 is 1.36 bits per heavy atom. The lowest BCUT2D eigenvalue weighted by atomic mass is 10.5. The van der Waals surface area contributed by atoms with Crippen molar-refractivity contribution in [1.29, 1.82) is 0 Å². The van der Waals surface area contributed by atoms with Crippen LogP contribution >= 0.6 is 0 Å². The summed E-state index contributed by atoms with van der Waals surface area (Å²) in [4.78, 5) is 0. The smallest absolute Gasteiger partial charge is 0.318 e. The largest absolute Gasteiger partial charge is 0.390 e. The molecule has 0 unspecified atom stereocenters. The van der Waals surface area contributed by atoms with Crippen LogP contribution in [0.2, 0.25) is 0 Å². The van der Waals surface area contributed by atoms with Crippen molar-refractivity contribution >= 4 is 10.1 Å². The normalized spacial score (nSPS) is 17.1. The van der Waals surface area contributed by atoms with Gasteiger partial charge in [-0.3, -0.25) is 0 Å². The average Bonchev–Trinajstić information content (AvgIpc) is 2.37. The van der Waals surface area contributed by atoms with Gasteiger partial charge in [-0.2, -0.15) is 8.42 Å². The Morgan fingerprint density at radius 2 is 1.91 bits per heavy atom. The molecule has 0 aromatic heterocycles. The molecule has 0 spiro atoms. The molecule has 0 aromatic rings. The summed E-state index contributed by atoms with van der Waals surface area (Å²) in [5.41, 5.74) is 0. The van der Waals surface area contributed by atoms with E-state index in [2.05, 4.69) is 10.8 Å². The lowest BCUT2D eigenvalue weighted by Crippen LogP contribution is -2.15. The van der Waals surface area contributed by atoms with E-state index < -0.39 is 15.4 Å². The van der Waals surface area contributed by atoms with E-state index in [-0.39, 0.29) is 0 Å². The maximum atomic E-state index is 11.0. The van der Waals surface area contributed by atoms with E-state index in [0.29, 0.717) is 0 Å². The van der Waals surface area contributed by atoms with Crippen molar-refractivity contribution in [3.63, 3.8) is 0 Å². The highest BCUT2D eigenvalue weighted by Crippen LogP contribution is 2.12. The molecule has 3 nitrogen and oxygen atoms in total. The van der Waals surface area contributed by atoms with E-state index >= 15 is 0 Å². The molecule has 0 aliphatic heterocycles. The standard InChI is InChI=1S/C7H8O3S/c1-2-10-11(8,9)7-5-3-4-6-7/h2-7H,1H2. The SMILES string of the molecule is C=COS(=O)(=O)C1C=CC=C1. The summed E-state index contributed by atoms with van der Waals surface area (Å²) in [5.74, 6) is 0. The highest BCUT2D eigenvalue weighted by molar-refractivity contribution is 7.87. The molecule has 11 heavy (non-hydrogen) atoms. The van der Waals surface area contributed by atoms with Gasteiger partial charge in [0.05, 0.1) is 6.26 Å². The zero-order valence-corrected chi connectivity index (χ0v) is 6.62. The molecule has 0 aromatic carbocycles. The molecule has 0 saturated carbocycles.